The topological polar surface area (TPSA) is 53.2 Å². The van der Waals surface area contributed by atoms with E-state index in [1.165, 1.54) is 0 Å². The highest BCUT2D eigenvalue weighted by Gasteiger charge is 2.17. The van der Waals surface area contributed by atoms with E-state index in [0.29, 0.717) is 6.54 Å². The van der Waals surface area contributed by atoms with Crippen LogP contribution in [0.25, 0.3) is 0 Å². The molecule has 0 aliphatic heterocycles. The molecule has 0 unspecified atom stereocenters. The molecular formula is C13H21N3O. The number of hydrogen-bond donors (Lipinski definition) is 3. The predicted octanol–water partition coefficient (Wildman–Crippen LogP) is 2.05. The zero-order chi connectivity index (χ0) is 12.7. The minimum Gasteiger partial charge on any atom is -0.337 e. The number of benzene rings is 1. The van der Waals surface area contributed by atoms with Gasteiger partial charge in [-0.2, -0.15) is 0 Å². The quantitative estimate of drug-likeness (QED) is 0.731. The lowest BCUT2D eigenvalue weighted by Gasteiger charge is -2.24. The van der Waals surface area contributed by atoms with Crippen LogP contribution in [0.3, 0.4) is 0 Å². The molecule has 4 heteroatoms. The second kappa shape index (κ2) is 6.25. The summed E-state index contributed by atoms with van der Waals surface area (Å²) in [5.41, 5.74) is 0.847. The molecule has 17 heavy (non-hydrogen) atoms. The van der Waals surface area contributed by atoms with Gasteiger partial charge in [0.2, 0.25) is 0 Å². The van der Waals surface area contributed by atoms with Gasteiger partial charge in [-0.25, -0.2) is 4.79 Å². The minimum atomic E-state index is -0.166. The van der Waals surface area contributed by atoms with Crippen molar-refractivity contribution in [3.8, 4) is 0 Å². The van der Waals surface area contributed by atoms with Gasteiger partial charge in [0.15, 0.2) is 0 Å². The number of amides is 2. The lowest BCUT2D eigenvalue weighted by Crippen LogP contribution is -2.41. The van der Waals surface area contributed by atoms with Crippen molar-refractivity contribution in [2.45, 2.75) is 13.8 Å². The van der Waals surface area contributed by atoms with E-state index in [1.54, 1.807) is 0 Å². The van der Waals surface area contributed by atoms with Gasteiger partial charge in [0.25, 0.3) is 0 Å². The number of carbonyl (C=O) groups is 1. The summed E-state index contributed by atoms with van der Waals surface area (Å²) in [5.74, 6) is 0. The lowest BCUT2D eigenvalue weighted by atomic mass is 9.94. The summed E-state index contributed by atoms with van der Waals surface area (Å²) in [4.78, 5) is 11.6. The average molecular weight is 235 g/mol. The fraction of sp³-hybridized carbons (Fsp3) is 0.462. The Morgan fingerprint density at radius 2 is 1.82 bits per heavy atom. The van der Waals surface area contributed by atoms with Crippen LogP contribution in [0.15, 0.2) is 30.3 Å². The first kappa shape index (κ1) is 13.5. The summed E-state index contributed by atoms with van der Waals surface area (Å²) in [6, 6.07) is 9.25. The fourth-order valence-electron chi connectivity index (χ4n) is 1.56. The highest BCUT2D eigenvalue weighted by Crippen LogP contribution is 2.11. The Balaban J connectivity index is 2.36. The van der Waals surface area contributed by atoms with E-state index in [1.807, 2.05) is 37.4 Å². The SMILES string of the molecule is CNCC(C)(C)CNC(=O)Nc1ccccc1. The highest BCUT2D eigenvalue weighted by molar-refractivity contribution is 5.89. The predicted molar refractivity (Wildman–Crippen MR) is 71.2 cm³/mol. The van der Waals surface area contributed by atoms with E-state index in [-0.39, 0.29) is 11.4 Å². The van der Waals surface area contributed by atoms with Crippen molar-refractivity contribution in [1.82, 2.24) is 10.6 Å². The number of nitrogens with one attached hydrogen (secondary N) is 3. The summed E-state index contributed by atoms with van der Waals surface area (Å²) in [7, 11) is 1.91. The van der Waals surface area contributed by atoms with Gasteiger partial charge in [0, 0.05) is 18.8 Å². The molecule has 0 heterocycles. The summed E-state index contributed by atoms with van der Waals surface area (Å²) in [5, 5.41) is 8.76. The van der Waals surface area contributed by atoms with Crippen LogP contribution in [0, 0.1) is 5.41 Å². The molecule has 3 N–H and O–H groups in total. The Bertz CT molecular complexity index is 349. The van der Waals surface area contributed by atoms with Gasteiger partial charge in [-0.15, -0.1) is 0 Å². The maximum absolute atomic E-state index is 11.6. The van der Waals surface area contributed by atoms with E-state index in [4.69, 9.17) is 0 Å². The molecule has 1 rings (SSSR count). The van der Waals surface area contributed by atoms with Gasteiger partial charge < -0.3 is 16.0 Å². The maximum atomic E-state index is 11.6. The van der Waals surface area contributed by atoms with Gasteiger partial charge in [0.1, 0.15) is 0 Å². The van der Waals surface area contributed by atoms with Crippen LogP contribution in [0.5, 0.6) is 0 Å². The summed E-state index contributed by atoms with van der Waals surface area (Å²) in [6.07, 6.45) is 0. The minimum absolute atomic E-state index is 0.0444. The summed E-state index contributed by atoms with van der Waals surface area (Å²) < 4.78 is 0. The molecule has 1 aromatic carbocycles. The molecule has 4 nitrogen and oxygen atoms in total. The van der Waals surface area contributed by atoms with E-state index in [2.05, 4.69) is 29.8 Å². The second-order valence-corrected chi connectivity index (χ2v) is 4.87. The number of urea groups is 1. The first-order valence-electron chi connectivity index (χ1n) is 5.78. The monoisotopic (exact) mass is 235 g/mol. The third-order valence-electron chi connectivity index (χ3n) is 2.41. The number of rotatable bonds is 5. The zero-order valence-corrected chi connectivity index (χ0v) is 10.7. The van der Waals surface area contributed by atoms with Crippen molar-refractivity contribution in [2.24, 2.45) is 5.41 Å². The largest absolute Gasteiger partial charge is 0.337 e. The third kappa shape index (κ3) is 5.36. The van der Waals surface area contributed by atoms with Crippen molar-refractivity contribution < 1.29 is 4.79 Å². The second-order valence-electron chi connectivity index (χ2n) is 4.87. The van der Waals surface area contributed by atoms with Crippen molar-refractivity contribution in [3.05, 3.63) is 30.3 Å². The molecular weight excluding hydrogens is 214 g/mol. The van der Waals surface area contributed by atoms with Crippen molar-refractivity contribution >= 4 is 11.7 Å². The van der Waals surface area contributed by atoms with Crippen molar-refractivity contribution in [2.75, 3.05) is 25.5 Å². The van der Waals surface area contributed by atoms with Gasteiger partial charge >= 0.3 is 6.03 Å². The molecule has 94 valence electrons. The molecule has 0 spiro atoms. The van der Waals surface area contributed by atoms with Crippen LogP contribution in [-0.4, -0.2) is 26.2 Å². The van der Waals surface area contributed by atoms with Gasteiger partial charge in [-0.05, 0) is 24.6 Å². The molecule has 0 bridgehead atoms. The smallest absolute Gasteiger partial charge is 0.319 e. The van der Waals surface area contributed by atoms with Crippen LogP contribution in [0.2, 0.25) is 0 Å². The molecule has 0 atom stereocenters. The van der Waals surface area contributed by atoms with E-state index >= 15 is 0 Å². The lowest BCUT2D eigenvalue weighted by molar-refractivity contribution is 0.244. The Hall–Kier alpha value is -1.55. The van der Waals surface area contributed by atoms with Gasteiger partial charge in [-0.3, -0.25) is 0 Å². The van der Waals surface area contributed by atoms with Crippen LogP contribution in [0.4, 0.5) is 10.5 Å². The standard InChI is InChI=1S/C13H21N3O/c1-13(2,9-14-3)10-15-12(17)16-11-7-5-4-6-8-11/h4-8,14H,9-10H2,1-3H3,(H2,15,16,17). The Labute approximate surface area is 103 Å². The van der Waals surface area contributed by atoms with Gasteiger partial charge in [-0.1, -0.05) is 32.0 Å². The first-order valence-corrected chi connectivity index (χ1v) is 5.78. The molecule has 1 aromatic rings. The van der Waals surface area contributed by atoms with Gasteiger partial charge in [0.05, 0.1) is 0 Å². The third-order valence-corrected chi connectivity index (χ3v) is 2.41. The summed E-state index contributed by atoms with van der Waals surface area (Å²) in [6.45, 7) is 5.70. The fourth-order valence-corrected chi connectivity index (χ4v) is 1.56. The zero-order valence-electron chi connectivity index (χ0n) is 10.7. The van der Waals surface area contributed by atoms with E-state index < -0.39 is 0 Å². The Kier molecular flexibility index (Phi) is 4.97. The number of para-hydroxylation sites is 1. The van der Waals surface area contributed by atoms with E-state index in [0.717, 1.165) is 12.2 Å². The number of hydrogen-bond acceptors (Lipinski definition) is 2. The average Bonchev–Trinajstić information content (AvgIpc) is 2.28. The molecule has 0 aliphatic carbocycles. The molecule has 0 fully saturated rings. The highest BCUT2D eigenvalue weighted by atomic mass is 16.2. The molecule has 0 radical (unpaired) electrons. The Morgan fingerprint density at radius 3 is 2.41 bits per heavy atom. The summed E-state index contributed by atoms with van der Waals surface area (Å²) >= 11 is 0. The van der Waals surface area contributed by atoms with Crippen LogP contribution < -0.4 is 16.0 Å². The number of anilines is 1. The van der Waals surface area contributed by atoms with Crippen LogP contribution in [-0.2, 0) is 0 Å². The maximum Gasteiger partial charge on any atom is 0.319 e. The normalized spacial score (nSPS) is 11.0. The molecule has 0 saturated heterocycles. The van der Waals surface area contributed by atoms with Crippen LogP contribution >= 0.6 is 0 Å². The Morgan fingerprint density at radius 1 is 1.18 bits per heavy atom. The van der Waals surface area contributed by atoms with Crippen molar-refractivity contribution in [1.29, 1.82) is 0 Å². The molecule has 0 aromatic heterocycles. The molecule has 0 aliphatic rings. The van der Waals surface area contributed by atoms with Crippen molar-refractivity contribution in [3.63, 3.8) is 0 Å². The molecule has 0 saturated carbocycles. The molecule has 2 amide bonds. The first-order chi connectivity index (χ1) is 8.03. The van der Waals surface area contributed by atoms with Crippen LogP contribution in [0.1, 0.15) is 13.8 Å². The number of carbonyl (C=O) groups excluding carboxylic acids is 1. The van der Waals surface area contributed by atoms with E-state index in [9.17, 15) is 4.79 Å².